The van der Waals surface area contributed by atoms with Gasteiger partial charge in [0.1, 0.15) is 5.70 Å². The van der Waals surface area contributed by atoms with Crippen molar-refractivity contribution in [3.05, 3.63) is 35.0 Å². The molecule has 7 nitrogen and oxygen atoms in total. The topological polar surface area (TPSA) is 90.9 Å². The van der Waals surface area contributed by atoms with Gasteiger partial charge in [0.25, 0.3) is 5.91 Å². The first-order chi connectivity index (χ1) is 11.0. The Labute approximate surface area is 134 Å². The molecule has 23 heavy (non-hydrogen) atoms. The van der Waals surface area contributed by atoms with E-state index in [1.54, 1.807) is 7.05 Å². The second-order valence-electron chi connectivity index (χ2n) is 5.17. The number of carbonyl (C=O) groups excluding carboxylic acids is 2. The van der Waals surface area contributed by atoms with Crippen LogP contribution in [-0.4, -0.2) is 55.7 Å². The molecule has 0 unspecified atom stereocenters. The second-order valence-corrected chi connectivity index (χ2v) is 5.17. The molecule has 0 atom stereocenters. The number of β-amino-alcohol motifs (C(OH)–C–C–N with tert-alkyl or cyclic N) is 1. The van der Waals surface area contributed by atoms with Gasteiger partial charge >= 0.3 is 5.97 Å². The molecule has 1 amide bonds. The van der Waals surface area contributed by atoms with Gasteiger partial charge < -0.3 is 25.4 Å². The SMILES string of the molecule is CNc1c(C)cccc1NC1=C(C(=O)OC)CN(CCO)C1=O. The number of hydrogen-bond acceptors (Lipinski definition) is 6. The monoisotopic (exact) mass is 319 g/mol. The van der Waals surface area contributed by atoms with Crippen molar-refractivity contribution in [3.8, 4) is 0 Å². The lowest BCUT2D eigenvalue weighted by atomic mass is 10.1. The molecule has 0 aliphatic carbocycles. The summed E-state index contributed by atoms with van der Waals surface area (Å²) in [6.45, 7) is 2.06. The number of aryl methyl sites for hydroxylation is 1. The largest absolute Gasteiger partial charge is 0.466 e. The molecule has 2 rings (SSSR count). The van der Waals surface area contributed by atoms with E-state index in [2.05, 4.69) is 10.6 Å². The highest BCUT2D eigenvalue weighted by molar-refractivity contribution is 6.09. The lowest BCUT2D eigenvalue weighted by Crippen LogP contribution is -2.31. The third-order valence-electron chi connectivity index (χ3n) is 3.74. The van der Waals surface area contributed by atoms with E-state index in [4.69, 9.17) is 9.84 Å². The third kappa shape index (κ3) is 3.29. The van der Waals surface area contributed by atoms with E-state index in [1.165, 1.54) is 12.0 Å². The van der Waals surface area contributed by atoms with Crippen LogP contribution in [0.4, 0.5) is 11.4 Å². The summed E-state index contributed by atoms with van der Waals surface area (Å²) < 4.78 is 4.76. The second kappa shape index (κ2) is 7.15. The number of para-hydroxylation sites is 1. The summed E-state index contributed by atoms with van der Waals surface area (Å²) in [7, 11) is 3.06. The number of methoxy groups -OCH3 is 1. The average Bonchev–Trinajstić information content (AvgIpc) is 2.84. The highest BCUT2D eigenvalue weighted by atomic mass is 16.5. The average molecular weight is 319 g/mol. The van der Waals surface area contributed by atoms with Gasteiger partial charge in [0.15, 0.2) is 0 Å². The number of rotatable bonds is 6. The maximum atomic E-state index is 12.5. The number of aliphatic hydroxyl groups excluding tert-OH is 1. The van der Waals surface area contributed by atoms with Gasteiger partial charge in [0.2, 0.25) is 0 Å². The number of benzene rings is 1. The molecule has 124 valence electrons. The van der Waals surface area contributed by atoms with E-state index in [1.807, 2.05) is 25.1 Å². The van der Waals surface area contributed by atoms with E-state index in [0.29, 0.717) is 5.69 Å². The fraction of sp³-hybridized carbons (Fsp3) is 0.375. The first kappa shape index (κ1) is 16.8. The Morgan fingerprint density at radius 2 is 2.17 bits per heavy atom. The van der Waals surface area contributed by atoms with Crippen LogP contribution in [0.3, 0.4) is 0 Å². The number of hydrogen-bond donors (Lipinski definition) is 3. The fourth-order valence-electron chi connectivity index (χ4n) is 2.59. The minimum absolute atomic E-state index is 0.120. The van der Waals surface area contributed by atoms with E-state index < -0.39 is 5.97 Å². The van der Waals surface area contributed by atoms with Crippen molar-refractivity contribution in [2.45, 2.75) is 6.92 Å². The zero-order valence-corrected chi connectivity index (χ0v) is 13.5. The predicted molar refractivity (Wildman–Crippen MR) is 87.1 cm³/mol. The number of nitrogens with zero attached hydrogens (tertiary/aromatic N) is 1. The molecular weight excluding hydrogens is 298 g/mol. The number of carbonyl (C=O) groups is 2. The normalized spacial score (nSPS) is 14.3. The fourth-order valence-corrected chi connectivity index (χ4v) is 2.59. The minimum atomic E-state index is -0.556. The quantitative estimate of drug-likeness (QED) is 0.669. The first-order valence-electron chi connectivity index (χ1n) is 7.29. The number of esters is 1. The number of ether oxygens (including phenoxy) is 1. The Kier molecular flexibility index (Phi) is 5.23. The smallest absolute Gasteiger partial charge is 0.337 e. The van der Waals surface area contributed by atoms with Gasteiger partial charge in [-0.25, -0.2) is 4.79 Å². The van der Waals surface area contributed by atoms with Gasteiger partial charge in [-0.05, 0) is 18.6 Å². The number of nitrogens with one attached hydrogen (secondary N) is 2. The number of anilines is 2. The van der Waals surface area contributed by atoms with Crippen LogP contribution in [0.25, 0.3) is 0 Å². The third-order valence-corrected chi connectivity index (χ3v) is 3.74. The molecule has 1 aliphatic heterocycles. The van der Waals surface area contributed by atoms with Crippen LogP contribution in [0.1, 0.15) is 5.56 Å². The van der Waals surface area contributed by atoms with Crippen LogP contribution in [0.2, 0.25) is 0 Å². The van der Waals surface area contributed by atoms with Crippen molar-refractivity contribution >= 4 is 23.3 Å². The van der Waals surface area contributed by atoms with Gasteiger partial charge in [-0.3, -0.25) is 4.79 Å². The summed E-state index contributed by atoms with van der Waals surface area (Å²) in [6.07, 6.45) is 0. The van der Waals surface area contributed by atoms with Crippen molar-refractivity contribution < 1.29 is 19.4 Å². The van der Waals surface area contributed by atoms with Gasteiger partial charge in [-0.2, -0.15) is 0 Å². The number of amides is 1. The van der Waals surface area contributed by atoms with E-state index in [9.17, 15) is 9.59 Å². The van der Waals surface area contributed by atoms with Crippen LogP contribution in [0, 0.1) is 6.92 Å². The lowest BCUT2D eigenvalue weighted by Gasteiger charge is -2.17. The summed E-state index contributed by atoms with van der Waals surface area (Å²) >= 11 is 0. The molecule has 1 aromatic carbocycles. The van der Waals surface area contributed by atoms with Crippen LogP contribution >= 0.6 is 0 Å². The molecule has 0 bridgehead atoms. The molecule has 0 aromatic heterocycles. The molecule has 7 heteroatoms. The van der Waals surface area contributed by atoms with Crippen molar-refractivity contribution in [1.29, 1.82) is 0 Å². The Morgan fingerprint density at radius 3 is 2.78 bits per heavy atom. The zero-order valence-electron chi connectivity index (χ0n) is 13.5. The van der Waals surface area contributed by atoms with Crippen LogP contribution in [0.5, 0.6) is 0 Å². The van der Waals surface area contributed by atoms with E-state index in [-0.39, 0.29) is 36.9 Å². The summed E-state index contributed by atoms with van der Waals surface area (Å²) in [6, 6.07) is 5.63. The summed E-state index contributed by atoms with van der Waals surface area (Å²) in [5, 5.41) is 15.2. The first-order valence-corrected chi connectivity index (χ1v) is 7.29. The molecule has 1 aliphatic rings. The van der Waals surface area contributed by atoms with Crippen LogP contribution in [-0.2, 0) is 14.3 Å². The standard InChI is InChI=1S/C16H21N3O4/c1-10-5-4-6-12(13(10)17-2)18-14-11(16(22)23-3)9-19(7-8-20)15(14)21/h4-6,17-18,20H,7-9H2,1-3H3. The van der Waals surface area contributed by atoms with E-state index >= 15 is 0 Å². The maximum absolute atomic E-state index is 12.5. The highest BCUT2D eigenvalue weighted by Gasteiger charge is 2.34. The van der Waals surface area contributed by atoms with Gasteiger partial charge in [0, 0.05) is 13.6 Å². The summed E-state index contributed by atoms with van der Waals surface area (Å²) in [5.74, 6) is -0.886. The molecule has 1 heterocycles. The molecular formula is C16H21N3O4. The molecule has 0 saturated heterocycles. The maximum Gasteiger partial charge on any atom is 0.337 e. The minimum Gasteiger partial charge on any atom is -0.466 e. The molecule has 1 aromatic rings. The summed E-state index contributed by atoms with van der Waals surface area (Å²) in [5.41, 5.74) is 3.00. The predicted octanol–water partition coefficient (Wildman–Crippen LogP) is 0.710. The van der Waals surface area contributed by atoms with Crippen molar-refractivity contribution in [3.63, 3.8) is 0 Å². The Morgan fingerprint density at radius 1 is 1.43 bits per heavy atom. The highest BCUT2D eigenvalue weighted by Crippen LogP contribution is 2.29. The Balaban J connectivity index is 2.39. The Hall–Kier alpha value is -2.54. The van der Waals surface area contributed by atoms with Crippen LogP contribution in [0.15, 0.2) is 29.5 Å². The Bertz CT molecular complexity index is 655. The molecule has 0 radical (unpaired) electrons. The molecule has 0 spiro atoms. The molecule has 0 fully saturated rings. The molecule has 3 N–H and O–H groups in total. The van der Waals surface area contributed by atoms with Crippen molar-refractivity contribution in [2.24, 2.45) is 0 Å². The van der Waals surface area contributed by atoms with Crippen molar-refractivity contribution in [2.75, 3.05) is 44.5 Å². The lowest BCUT2D eigenvalue weighted by molar-refractivity contribution is -0.136. The van der Waals surface area contributed by atoms with Gasteiger partial charge in [-0.1, -0.05) is 12.1 Å². The van der Waals surface area contributed by atoms with Crippen molar-refractivity contribution in [1.82, 2.24) is 4.90 Å². The van der Waals surface area contributed by atoms with Gasteiger partial charge in [0.05, 0.1) is 37.2 Å². The van der Waals surface area contributed by atoms with Crippen LogP contribution < -0.4 is 10.6 Å². The number of aliphatic hydroxyl groups is 1. The summed E-state index contributed by atoms with van der Waals surface area (Å²) in [4.78, 5) is 25.8. The molecule has 0 saturated carbocycles. The van der Waals surface area contributed by atoms with E-state index in [0.717, 1.165) is 11.3 Å². The van der Waals surface area contributed by atoms with Gasteiger partial charge in [-0.15, -0.1) is 0 Å². The zero-order chi connectivity index (χ0) is 17.0.